The third-order valence-electron chi connectivity index (χ3n) is 3.31. The second-order valence-electron chi connectivity index (χ2n) is 4.68. The van der Waals surface area contributed by atoms with Gasteiger partial charge in [-0.25, -0.2) is 0 Å². The molecule has 2 heterocycles. The van der Waals surface area contributed by atoms with Gasteiger partial charge in [0.15, 0.2) is 0 Å². The van der Waals surface area contributed by atoms with E-state index in [1.54, 1.807) is 0 Å². The van der Waals surface area contributed by atoms with Gasteiger partial charge < -0.3 is 14.8 Å². The van der Waals surface area contributed by atoms with E-state index in [9.17, 15) is 0 Å². The zero-order valence-corrected chi connectivity index (χ0v) is 10.9. The number of ether oxygens (including phenoxy) is 2. The molecule has 2 rings (SSSR count). The maximum atomic E-state index is 5.49. The maximum Gasteiger partial charge on any atom is 0.0607 e. The van der Waals surface area contributed by atoms with Gasteiger partial charge in [0.2, 0.25) is 0 Å². The summed E-state index contributed by atoms with van der Waals surface area (Å²) in [6, 6.07) is 0.632. The van der Waals surface area contributed by atoms with Gasteiger partial charge in [-0.3, -0.25) is 0 Å². The molecule has 2 aliphatic heterocycles. The quantitative estimate of drug-likeness (QED) is 0.737. The van der Waals surface area contributed by atoms with E-state index in [-0.39, 0.29) is 0 Å². The van der Waals surface area contributed by atoms with Crippen LogP contribution < -0.4 is 5.32 Å². The number of nitrogens with one attached hydrogen (secondary N) is 1. The van der Waals surface area contributed by atoms with E-state index in [1.165, 1.54) is 18.6 Å². The summed E-state index contributed by atoms with van der Waals surface area (Å²) in [6.45, 7) is 7.15. The van der Waals surface area contributed by atoms with E-state index < -0.39 is 0 Å². The standard InChI is InChI=1S/C12H23NO2S/c1-2-4-13-12(10-3-5-14-6-10)9-16-11-7-15-8-11/h10-13H,2-9H2,1H3. The van der Waals surface area contributed by atoms with Crippen molar-refractivity contribution in [1.29, 1.82) is 0 Å². The Kier molecular flexibility index (Phi) is 5.42. The fourth-order valence-corrected chi connectivity index (χ4v) is 3.37. The van der Waals surface area contributed by atoms with Gasteiger partial charge in [-0.2, -0.15) is 11.8 Å². The molecule has 2 saturated heterocycles. The summed E-state index contributed by atoms with van der Waals surface area (Å²) >= 11 is 2.07. The van der Waals surface area contributed by atoms with E-state index in [0.29, 0.717) is 6.04 Å². The molecule has 0 aromatic heterocycles. The summed E-state index contributed by atoms with van der Waals surface area (Å²) in [5, 5.41) is 4.42. The highest BCUT2D eigenvalue weighted by Gasteiger charge is 2.27. The Bertz CT molecular complexity index is 193. The van der Waals surface area contributed by atoms with Crippen LogP contribution in [0.15, 0.2) is 0 Å². The van der Waals surface area contributed by atoms with E-state index in [4.69, 9.17) is 9.47 Å². The van der Waals surface area contributed by atoms with Crippen molar-refractivity contribution in [2.75, 3.05) is 38.7 Å². The zero-order valence-electron chi connectivity index (χ0n) is 10.1. The van der Waals surface area contributed by atoms with Gasteiger partial charge in [0.1, 0.15) is 0 Å². The van der Waals surface area contributed by atoms with Crippen LogP contribution in [0.2, 0.25) is 0 Å². The predicted octanol–water partition coefficient (Wildman–Crippen LogP) is 1.52. The van der Waals surface area contributed by atoms with Gasteiger partial charge >= 0.3 is 0 Å². The number of thioether (sulfide) groups is 1. The van der Waals surface area contributed by atoms with Gasteiger partial charge in [0, 0.05) is 24.3 Å². The first-order valence-electron chi connectivity index (χ1n) is 6.40. The minimum absolute atomic E-state index is 0.632. The minimum atomic E-state index is 0.632. The number of hydrogen-bond donors (Lipinski definition) is 1. The first kappa shape index (κ1) is 12.7. The molecule has 0 bridgehead atoms. The molecule has 0 aliphatic carbocycles. The molecule has 2 unspecified atom stereocenters. The Balaban J connectivity index is 1.71. The molecule has 4 heteroatoms. The average molecular weight is 245 g/mol. The lowest BCUT2D eigenvalue weighted by atomic mass is 10.0. The smallest absolute Gasteiger partial charge is 0.0607 e. The molecule has 1 N–H and O–H groups in total. The fraction of sp³-hybridized carbons (Fsp3) is 1.00. The maximum absolute atomic E-state index is 5.49. The van der Waals surface area contributed by atoms with Crippen LogP contribution in [0.25, 0.3) is 0 Å². The lowest BCUT2D eigenvalue weighted by molar-refractivity contribution is 0.0454. The Labute approximate surface area is 103 Å². The molecule has 0 amide bonds. The average Bonchev–Trinajstić information content (AvgIpc) is 2.73. The van der Waals surface area contributed by atoms with Gasteiger partial charge in [-0.1, -0.05) is 6.92 Å². The van der Waals surface area contributed by atoms with Crippen LogP contribution in [0.1, 0.15) is 19.8 Å². The Morgan fingerprint density at radius 1 is 1.31 bits per heavy atom. The largest absolute Gasteiger partial charge is 0.381 e. The van der Waals surface area contributed by atoms with Crippen LogP contribution in [0.3, 0.4) is 0 Å². The first-order chi connectivity index (χ1) is 7.90. The molecular weight excluding hydrogens is 222 g/mol. The molecule has 0 aromatic rings. The fourth-order valence-electron chi connectivity index (χ4n) is 2.11. The molecule has 16 heavy (non-hydrogen) atoms. The molecule has 0 saturated carbocycles. The third-order valence-corrected chi connectivity index (χ3v) is 4.60. The second kappa shape index (κ2) is 6.84. The van der Waals surface area contributed by atoms with Crippen LogP contribution in [0.4, 0.5) is 0 Å². The second-order valence-corrected chi connectivity index (χ2v) is 6.01. The topological polar surface area (TPSA) is 30.5 Å². The van der Waals surface area contributed by atoms with Crippen LogP contribution in [-0.2, 0) is 9.47 Å². The Morgan fingerprint density at radius 3 is 2.75 bits per heavy atom. The summed E-state index contributed by atoms with van der Waals surface area (Å²) in [5.74, 6) is 1.93. The highest BCUT2D eigenvalue weighted by Crippen LogP contribution is 2.24. The van der Waals surface area contributed by atoms with E-state index >= 15 is 0 Å². The lowest BCUT2D eigenvalue weighted by Crippen LogP contribution is -2.41. The van der Waals surface area contributed by atoms with Gasteiger partial charge in [-0.15, -0.1) is 0 Å². The summed E-state index contributed by atoms with van der Waals surface area (Å²) in [5.41, 5.74) is 0. The molecular formula is C12H23NO2S. The SMILES string of the molecule is CCCNC(CSC1COC1)C1CCOC1. The third kappa shape index (κ3) is 3.62. The van der Waals surface area contributed by atoms with Crippen LogP contribution in [0.5, 0.6) is 0 Å². The highest BCUT2D eigenvalue weighted by atomic mass is 32.2. The van der Waals surface area contributed by atoms with Crippen molar-refractivity contribution in [3.63, 3.8) is 0 Å². The van der Waals surface area contributed by atoms with E-state index in [1.807, 2.05) is 0 Å². The van der Waals surface area contributed by atoms with Crippen molar-refractivity contribution in [3.8, 4) is 0 Å². The number of rotatable bonds is 7. The van der Waals surface area contributed by atoms with Crippen molar-refractivity contribution in [3.05, 3.63) is 0 Å². The van der Waals surface area contributed by atoms with Gasteiger partial charge in [0.05, 0.1) is 25.1 Å². The van der Waals surface area contributed by atoms with E-state index in [0.717, 1.165) is 44.1 Å². The highest BCUT2D eigenvalue weighted by molar-refractivity contribution is 8.00. The number of hydrogen-bond acceptors (Lipinski definition) is 4. The molecule has 0 spiro atoms. The summed E-state index contributed by atoms with van der Waals surface area (Å²) in [4.78, 5) is 0. The predicted molar refractivity (Wildman–Crippen MR) is 68.1 cm³/mol. The molecule has 2 fully saturated rings. The molecule has 0 radical (unpaired) electrons. The van der Waals surface area contributed by atoms with Crippen LogP contribution >= 0.6 is 11.8 Å². The Morgan fingerprint density at radius 2 is 2.19 bits per heavy atom. The Hall–Kier alpha value is 0.230. The molecule has 2 atom stereocenters. The molecule has 2 aliphatic rings. The minimum Gasteiger partial charge on any atom is -0.381 e. The summed E-state index contributed by atoms with van der Waals surface area (Å²) < 4.78 is 10.7. The van der Waals surface area contributed by atoms with Crippen molar-refractivity contribution < 1.29 is 9.47 Å². The van der Waals surface area contributed by atoms with Crippen molar-refractivity contribution in [2.45, 2.75) is 31.1 Å². The molecule has 94 valence electrons. The first-order valence-corrected chi connectivity index (χ1v) is 7.45. The van der Waals surface area contributed by atoms with Crippen LogP contribution in [-0.4, -0.2) is 50.0 Å². The van der Waals surface area contributed by atoms with Crippen LogP contribution in [0, 0.1) is 5.92 Å². The van der Waals surface area contributed by atoms with Crippen molar-refractivity contribution >= 4 is 11.8 Å². The molecule has 0 aromatic carbocycles. The summed E-state index contributed by atoms with van der Waals surface area (Å²) in [6.07, 6.45) is 2.43. The monoisotopic (exact) mass is 245 g/mol. The summed E-state index contributed by atoms with van der Waals surface area (Å²) in [7, 11) is 0. The normalized spacial score (nSPS) is 27.9. The van der Waals surface area contributed by atoms with Crippen molar-refractivity contribution in [2.24, 2.45) is 5.92 Å². The zero-order chi connectivity index (χ0) is 11.2. The van der Waals surface area contributed by atoms with Gasteiger partial charge in [-0.05, 0) is 19.4 Å². The van der Waals surface area contributed by atoms with Crippen molar-refractivity contribution in [1.82, 2.24) is 5.32 Å². The van der Waals surface area contributed by atoms with E-state index in [2.05, 4.69) is 24.0 Å². The van der Waals surface area contributed by atoms with Gasteiger partial charge in [0.25, 0.3) is 0 Å². The lowest BCUT2D eigenvalue weighted by Gasteiger charge is -2.29. The molecule has 3 nitrogen and oxygen atoms in total.